The van der Waals surface area contributed by atoms with E-state index in [1.807, 2.05) is 32.8 Å². The number of aromatic nitrogens is 1. The Balaban J connectivity index is 0.000000497. The Kier molecular flexibility index (Phi) is 13.0. The molecule has 41 heavy (non-hydrogen) atoms. The molecule has 15 heteroatoms. The SMILES string of the molecule is CC(C)NC(=O)c1cc2c(nc1N(C)C)CCN(Cc1ccccc1)CC2.O=C(O)C(F)(F)F.O=C(O)C(F)(F)F. The molecule has 1 aliphatic heterocycles. The van der Waals surface area contributed by atoms with E-state index in [0.717, 1.165) is 44.0 Å². The van der Waals surface area contributed by atoms with Gasteiger partial charge < -0.3 is 20.4 Å². The largest absolute Gasteiger partial charge is 0.490 e. The Morgan fingerprint density at radius 1 is 0.951 bits per heavy atom. The minimum absolute atomic E-state index is 0.0469. The maximum Gasteiger partial charge on any atom is 0.490 e. The molecule has 3 N–H and O–H groups in total. The van der Waals surface area contributed by atoms with Crippen molar-refractivity contribution in [3.63, 3.8) is 0 Å². The highest BCUT2D eigenvalue weighted by atomic mass is 19.4. The summed E-state index contributed by atoms with van der Waals surface area (Å²) in [7, 11) is 3.89. The van der Waals surface area contributed by atoms with Crippen LogP contribution in [0.25, 0.3) is 0 Å². The van der Waals surface area contributed by atoms with E-state index in [1.54, 1.807) is 0 Å². The number of alkyl halides is 6. The van der Waals surface area contributed by atoms with Crippen LogP contribution >= 0.6 is 0 Å². The lowest BCUT2D eigenvalue weighted by molar-refractivity contribution is -0.193. The summed E-state index contributed by atoms with van der Waals surface area (Å²) in [5.41, 5.74) is 4.33. The van der Waals surface area contributed by atoms with Crippen molar-refractivity contribution in [1.29, 1.82) is 0 Å². The number of carbonyl (C=O) groups excluding carboxylic acids is 1. The second kappa shape index (κ2) is 15.2. The third-order valence-electron chi connectivity index (χ3n) is 5.36. The van der Waals surface area contributed by atoms with Gasteiger partial charge in [-0.05, 0) is 37.5 Å². The average Bonchev–Trinajstić information content (AvgIpc) is 3.05. The molecule has 0 fully saturated rings. The number of pyridine rings is 1. The summed E-state index contributed by atoms with van der Waals surface area (Å²) in [6.45, 7) is 6.88. The molecule has 1 aliphatic rings. The lowest BCUT2D eigenvalue weighted by Gasteiger charge is -2.19. The molecule has 1 amide bonds. The molecule has 0 aliphatic carbocycles. The van der Waals surface area contributed by atoms with Crippen LogP contribution in [0.3, 0.4) is 0 Å². The van der Waals surface area contributed by atoms with Crippen LogP contribution in [0.5, 0.6) is 0 Å². The first-order valence-corrected chi connectivity index (χ1v) is 12.2. The zero-order chi connectivity index (χ0) is 31.5. The molecule has 0 unspecified atom stereocenters. The van der Waals surface area contributed by atoms with E-state index in [9.17, 15) is 31.1 Å². The first kappa shape index (κ1) is 35.1. The number of nitrogens with one attached hydrogen (secondary N) is 1. The molecule has 0 radical (unpaired) electrons. The van der Waals surface area contributed by atoms with Gasteiger partial charge >= 0.3 is 24.3 Å². The van der Waals surface area contributed by atoms with Crippen LogP contribution in [0.4, 0.5) is 32.2 Å². The zero-order valence-electron chi connectivity index (χ0n) is 22.8. The minimum Gasteiger partial charge on any atom is -0.475 e. The quantitative estimate of drug-likeness (QED) is 0.442. The number of anilines is 1. The second-order valence-corrected chi connectivity index (χ2v) is 9.36. The van der Waals surface area contributed by atoms with Crippen LogP contribution in [0, 0.1) is 0 Å². The fourth-order valence-corrected chi connectivity index (χ4v) is 3.52. The molecule has 0 saturated heterocycles. The van der Waals surface area contributed by atoms with Crippen LogP contribution in [0.15, 0.2) is 36.4 Å². The van der Waals surface area contributed by atoms with Gasteiger partial charge in [0.25, 0.3) is 5.91 Å². The van der Waals surface area contributed by atoms with Crippen molar-refractivity contribution < 1.29 is 50.9 Å². The molecule has 1 aromatic heterocycles. The van der Waals surface area contributed by atoms with Crippen molar-refractivity contribution in [1.82, 2.24) is 15.2 Å². The Labute approximate surface area is 232 Å². The predicted molar refractivity (Wildman–Crippen MR) is 138 cm³/mol. The number of halogens is 6. The van der Waals surface area contributed by atoms with Crippen LogP contribution in [-0.2, 0) is 29.0 Å². The summed E-state index contributed by atoms with van der Waals surface area (Å²) in [6.07, 6.45) is -8.33. The normalized spacial score (nSPS) is 13.4. The van der Waals surface area contributed by atoms with E-state index in [0.29, 0.717) is 5.56 Å². The number of carboxylic acid groups (broad SMARTS) is 2. The third kappa shape index (κ3) is 12.4. The molecule has 3 rings (SSSR count). The topological polar surface area (TPSA) is 123 Å². The van der Waals surface area contributed by atoms with E-state index >= 15 is 0 Å². The summed E-state index contributed by atoms with van der Waals surface area (Å²) >= 11 is 0. The molecule has 2 heterocycles. The van der Waals surface area contributed by atoms with E-state index in [1.165, 1.54) is 11.1 Å². The third-order valence-corrected chi connectivity index (χ3v) is 5.36. The number of hydrogen-bond acceptors (Lipinski definition) is 6. The number of amides is 1. The molecule has 228 valence electrons. The van der Waals surface area contributed by atoms with Gasteiger partial charge in [0.2, 0.25) is 0 Å². The Morgan fingerprint density at radius 2 is 1.44 bits per heavy atom. The molecular weight excluding hydrogens is 562 g/mol. The highest BCUT2D eigenvalue weighted by molar-refractivity contribution is 5.99. The number of carbonyl (C=O) groups is 3. The molecule has 0 saturated carbocycles. The lowest BCUT2D eigenvalue weighted by Crippen LogP contribution is -2.32. The van der Waals surface area contributed by atoms with Crippen molar-refractivity contribution >= 4 is 23.7 Å². The van der Waals surface area contributed by atoms with Crippen LogP contribution in [0.1, 0.15) is 41.0 Å². The lowest BCUT2D eigenvalue weighted by atomic mass is 10.0. The Bertz CT molecular complexity index is 1150. The average molecular weight is 595 g/mol. The molecule has 1 aromatic carbocycles. The number of fused-ring (bicyclic) bond motifs is 1. The number of carboxylic acids is 2. The number of hydrogen-bond donors (Lipinski definition) is 3. The summed E-state index contributed by atoms with van der Waals surface area (Å²) in [5, 5.41) is 17.3. The summed E-state index contributed by atoms with van der Waals surface area (Å²) in [6, 6.07) is 12.7. The first-order valence-electron chi connectivity index (χ1n) is 12.2. The first-order chi connectivity index (χ1) is 18.8. The van der Waals surface area contributed by atoms with Gasteiger partial charge in [-0.2, -0.15) is 26.3 Å². The molecular formula is C26H32F6N4O5. The Morgan fingerprint density at radius 3 is 1.88 bits per heavy atom. The summed E-state index contributed by atoms with van der Waals surface area (Å²) in [4.78, 5) is 39.7. The van der Waals surface area contributed by atoms with Crippen LogP contribution in [0.2, 0.25) is 0 Å². The monoisotopic (exact) mass is 594 g/mol. The molecule has 2 aromatic rings. The second-order valence-electron chi connectivity index (χ2n) is 9.36. The highest BCUT2D eigenvalue weighted by Gasteiger charge is 2.38. The number of nitrogens with zero attached hydrogens (tertiary/aromatic N) is 3. The van der Waals surface area contributed by atoms with Gasteiger partial charge in [-0.3, -0.25) is 9.69 Å². The van der Waals surface area contributed by atoms with Gasteiger partial charge in [-0.25, -0.2) is 14.6 Å². The molecule has 0 bridgehead atoms. The van der Waals surface area contributed by atoms with E-state index in [4.69, 9.17) is 24.8 Å². The van der Waals surface area contributed by atoms with Gasteiger partial charge in [-0.1, -0.05) is 30.3 Å². The predicted octanol–water partition coefficient (Wildman–Crippen LogP) is 4.15. The van der Waals surface area contributed by atoms with Gasteiger partial charge in [0.15, 0.2) is 0 Å². The Hall–Kier alpha value is -3.88. The van der Waals surface area contributed by atoms with Gasteiger partial charge in [0.05, 0.1) is 5.56 Å². The number of benzene rings is 1. The van der Waals surface area contributed by atoms with E-state index in [2.05, 4.69) is 46.6 Å². The van der Waals surface area contributed by atoms with Crippen molar-refractivity contribution in [2.75, 3.05) is 32.1 Å². The maximum absolute atomic E-state index is 12.7. The van der Waals surface area contributed by atoms with Crippen LogP contribution in [-0.4, -0.2) is 83.5 Å². The summed E-state index contributed by atoms with van der Waals surface area (Å²) < 4.78 is 63.5. The number of rotatable bonds is 5. The van der Waals surface area contributed by atoms with E-state index < -0.39 is 24.3 Å². The van der Waals surface area contributed by atoms with Crippen molar-refractivity contribution in [3.8, 4) is 0 Å². The maximum atomic E-state index is 12.7. The van der Waals surface area contributed by atoms with Crippen molar-refractivity contribution in [3.05, 3.63) is 58.8 Å². The molecule has 9 nitrogen and oxygen atoms in total. The summed E-state index contributed by atoms with van der Waals surface area (Å²) in [5.74, 6) is -4.81. The highest BCUT2D eigenvalue weighted by Crippen LogP contribution is 2.24. The fraction of sp³-hybridized carbons (Fsp3) is 0.462. The minimum atomic E-state index is -5.08. The van der Waals surface area contributed by atoms with Gasteiger partial charge in [0, 0.05) is 51.9 Å². The smallest absolute Gasteiger partial charge is 0.475 e. The fourth-order valence-electron chi connectivity index (χ4n) is 3.52. The van der Waals surface area contributed by atoms with Crippen molar-refractivity contribution in [2.24, 2.45) is 0 Å². The molecule has 0 atom stereocenters. The van der Waals surface area contributed by atoms with Gasteiger partial charge in [0.1, 0.15) is 5.82 Å². The number of aliphatic carboxylic acids is 2. The van der Waals surface area contributed by atoms with E-state index in [-0.39, 0.29) is 11.9 Å². The standard InChI is InChI=1S/C22H30N4O.2C2HF3O2/c1-16(2)23-22(27)19-14-18-10-12-26(15-17-8-6-5-7-9-17)13-11-20(18)24-21(19)25(3)4;2*3-2(4,5)1(6)7/h5-9,14,16H,10-13,15H2,1-4H3,(H,23,27);2*(H,6,7). The van der Waals surface area contributed by atoms with Crippen LogP contribution < -0.4 is 10.2 Å². The zero-order valence-corrected chi connectivity index (χ0v) is 22.8. The van der Waals surface area contributed by atoms with Gasteiger partial charge in [-0.15, -0.1) is 0 Å². The molecule has 0 spiro atoms. The van der Waals surface area contributed by atoms with Crippen molar-refractivity contribution in [2.45, 2.75) is 51.6 Å².